The van der Waals surface area contributed by atoms with Gasteiger partial charge in [0.2, 0.25) is 0 Å². The normalized spacial score (nSPS) is 11.1. The number of anilines is 1. The average molecular weight is 437 g/mol. The molecule has 0 spiro atoms. The van der Waals surface area contributed by atoms with Crippen LogP contribution in [0.25, 0.3) is 11.3 Å². The molecule has 0 aliphatic rings. The van der Waals surface area contributed by atoms with Crippen LogP contribution in [0.2, 0.25) is 0 Å². The van der Waals surface area contributed by atoms with Gasteiger partial charge in [0, 0.05) is 17.7 Å². The van der Waals surface area contributed by atoms with Gasteiger partial charge >= 0.3 is 0 Å². The number of nitrogens with zero attached hydrogens (tertiary/aromatic N) is 2. The van der Waals surface area contributed by atoms with Crippen molar-refractivity contribution in [1.29, 1.82) is 0 Å². The van der Waals surface area contributed by atoms with Crippen LogP contribution in [0, 0.1) is 11.8 Å². The summed E-state index contributed by atoms with van der Waals surface area (Å²) in [6.45, 7) is 4.16. The molecular formula is C23H24N4O3S. The van der Waals surface area contributed by atoms with E-state index in [0.717, 1.165) is 11.1 Å². The number of ether oxygens (including phenoxy) is 1. The van der Waals surface area contributed by atoms with E-state index in [1.165, 1.54) is 6.20 Å². The Hall–Kier alpha value is -3.41. The first kappa shape index (κ1) is 22.3. The van der Waals surface area contributed by atoms with Gasteiger partial charge in [-0.1, -0.05) is 24.1 Å². The zero-order valence-corrected chi connectivity index (χ0v) is 18.2. The summed E-state index contributed by atoms with van der Waals surface area (Å²) in [7, 11) is -3.34. The minimum Gasteiger partial charge on any atom is -0.492 e. The summed E-state index contributed by atoms with van der Waals surface area (Å²) in [6.07, 6.45) is 1.54. The summed E-state index contributed by atoms with van der Waals surface area (Å²) in [5, 5.41) is -0.490. The first-order chi connectivity index (χ1) is 14.8. The van der Waals surface area contributed by atoms with Crippen molar-refractivity contribution < 1.29 is 13.2 Å². The van der Waals surface area contributed by atoms with E-state index in [2.05, 4.69) is 21.8 Å². The summed E-state index contributed by atoms with van der Waals surface area (Å²) < 4.78 is 30.1. The molecule has 0 radical (unpaired) electrons. The highest BCUT2D eigenvalue weighted by atomic mass is 32.2. The highest BCUT2D eigenvalue weighted by Gasteiger charge is 2.19. The number of nitrogens with two attached hydrogens (primary N) is 2. The van der Waals surface area contributed by atoms with E-state index in [4.69, 9.17) is 16.2 Å². The monoisotopic (exact) mass is 436 g/mol. The maximum atomic E-state index is 12.3. The van der Waals surface area contributed by atoms with Gasteiger partial charge < -0.3 is 16.2 Å². The lowest BCUT2D eigenvalue weighted by Crippen LogP contribution is -2.13. The fourth-order valence-corrected chi connectivity index (χ4v) is 3.75. The predicted molar refractivity (Wildman–Crippen MR) is 121 cm³/mol. The molecule has 31 heavy (non-hydrogen) atoms. The number of nitrogen functional groups attached to an aromatic ring is 1. The van der Waals surface area contributed by atoms with Crippen LogP contribution in [-0.4, -0.2) is 36.8 Å². The van der Waals surface area contributed by atoms with Gasteiger partial charge in [0.25, 0.3) is 0 Å². The molecule has 7 nitrogen and oxygen atoms in total. The Kier molecular flexibility index (Phi) is 6.90. The quantitative estimate of drug-likeness (QED) is 0.570. The molecule has 0 saturated carbocycles. The van der Waals surface area contributed by atoms with Crippen LogP contribution in [0.3, 0.4) is 0 Å². The SMILES string of the molecule is CC(C)S(=O)(=O)c1ccc(-c2cnc(N)c(C#Cc3cccc(OCCN)c3)n2)cc1. The number of aromatic nitrogens is 2. The number of hydrogen-bond donors (Lipinski definition) is 2. The highest BCUT2D eigenvalue weighted by molar-refractivity contribution is 7.92. The summed E-state index contributed by atoms with van der Waals surface area (Å²) in [4.78, 5) is 8.95. The molecule has 0 atom stereocenters. The van der Waals surface area contributed by atoms with Crippen molar-refractivity contribution in [2.24, 2.45) is 5.73 Å². The number of rotatable bonds is 6. The number of sulfone groups is 1. The molecule has 1 aromatic heterocycles. The van der Waals surface area contributed by atoms with Crippen molar-refractivity contribution in [2.45, 2.75) is 24.0 Å². The molecule has 160 valence electrons. The second-order valence-electron chi connectivity index (χ2n) is 7.02. The van der Waals surface area contributed by atoms with Gasteiger partial charge in [-0.2, -0.15) is 0 Å². The lowest BCUT2D eigenvalue weighted by atomic mass is 10.1. The Labute approximate surface area is 182 Å². The second-order valence-corrected chi connectivity index (χ2v) is 9.53. The van der Waals surface area contributed by atoms with Crippen LogP contribution >= 0.6 is 0 Å². The van der Waals surface area contributed by atoms with Crippen molar-refractivity contribution in [1.82, 2.24) is 9.97 Å². The second kappa shape index (κ2) is 9.60. The third kappa shape index (κ3) is 5.40. The van der Waals surface area contributed by atoms with Gasteiger partial charge in [0.15, 0.2) is 21.3 Å². The van der Waals surface area contributed by atoms with Gasteiger partial charge in [-0.05, 0) is 50.1 Å². The van der Waals surface area contributed by atoms with Crippen LogP contribution in [0.15, 0.2) is 59.6 Å². The first-order valence-electron chi connectivity index (χ1n) is 9.73. The van der Waals surface area contributed by atoms with Crippen molar-refractivity contribution in [3.8, 4) is 28.8 Å². The van der Waals surface area contributed by atoms with Gasteiger partial charge in [-0.25, -0.2) is 18.4 Å². The Balaban J connectivity index is 1.88. The Morgan fingerprint density at radius 2 is 1.84 bits per heavy atom. The predicted octanol–water partition coefficient (Wildman–Crippen LogP) is 2.65. The minimum absolute atomic E-state index is 0.214. The van der Waals surface area contributed by atoms with Crippen LogP contribution in [-0.2, 0) is 9.84 Å². The van der Waals surface area contributed by atoms with Crippen molar-refractivity contribution in [2.75, 3.05) is 18.9 Å². The zero-order chi connectivity index (χ0) is 22.4. The fourth-order valence-electron chi connectivity index (χ4n) is 2.69. The molecule has 8 heteroatoms. The molecule has 4 N–H and O–H groups in total. The molecule has 0 aliphatic heterocycles. The lowest BCUT2D eigenvalue weighted by Gasteiger charge is -2.09. The maximum absolute atomic E-state index is 12.3. The van der Waals surface area contributed by atoms with Crippen LogP contribution in [0.5, 0.6) is 5.75 Å². The minimum atomic E-state index is -3.34. The highest BCUT2D eigenvalue weighted by Crippen LogP contribution is 2.22. The van der Waals surface area contributed by atoms with Crippen molar-refractivity contribution in [3.05, 3.63) is 66.0 Å². The molecular weight excluding hydrogens is 412 g/mol. The summed E-state index contributed by atoms with van der Waals surface area (Å²) >= 11 is 0. The summed E-state index contributed by atoms with van der Waals surface area (Å²) in [6, 6.07) is 13.9. The number of hydrogen-bond acceptors (Lipinski definition) is 7. The first-order valence-corrected chi connectivity index (χ1v) is 11.3. The van der Waals surface area contributed by atoms with E-state index in [-0.39, 0.29) is 10.7 Å². The van der Waals surface area contributed by atoms with Gasteiger partial charge in [0.05, 0.1) is 22.0 Å². The van der Waals surface area contributed by atoms with E-state index < -0.39 is 15.1 Å². The van der Waals surface area contributed by atoms with Crippen LogP contribution < -0.4 is 16.2 Å². The smallest absolute Gasteiger partial charge is 0.180 e. The third-order valence-electron chi connectivity index (χ3n) is 4.45. The average Bonchev–Trinajstić information content (AvgIpc) is 2.77. The van der Waals surface area contributed by atoms with E-state index in [1.54, 1.807) is 38.1 Å². The van der Waals surface area contributed by atoms with Gasteiger partial charge in [-0.15, -0.1) is 0 Å². The molecule has 3 rings (SSSR count). The van der Waals surface area contributed by atoms with Crippen LogP contribution in [0.4, 0.5) is 5.82 Å². The largest absolute Gasteiger partial charge is 0.492 e. The molecule has 0 bridgehead atoms. The lowest BCUT2D eigenvalue weighted by molar-refractivity contribution is 0.328. The third-order valence-corrected chi connectivity index (χ3v) is 6.62. The van der Waals surface area contributed by atoms with E-state index in [1.807, 2.05) is 24.3 Å². The molecule has 0 saturated heterocycles. The summed E-state index contributed by atoms with van der Waals surface area (Å²) in [5.41, 5.74) is 13.8. The summed E-state index contributed by atoms with van der Waals surface area (Å²) in [5.74, 6) is 6.86. The Morgan fingerprint density at radius 3 is 2.52 bits per heavy atom. The van der Waals surface area contributed by atoms with Gasteiger partial charge in [-0.3, -0.25) is 0 Å². The van der Waals surface area contributed by atoms with E-state index >= 15 is 0 Å². The molecule has 2 aromatic carbocycles. The van der Waals surface area contributed by atoms with E-state index in [9.17, 15) is 8.42 Å². The standard InChI is InChI=1S/C23H24N4O3S/c1-16(2)31(28,29)20-9-7-18(8-10-20)22-15-26-23(25)21(27-22)11-6-17-4-3-5-19(14-17)30-13-12-24/h3-5,7-10,14-16H,12-13,24H2,1-2H3,(H2,25,26). The number of benzene rings is 2. The van der Waals surface area contributed by atoms with Crippen LogP contribution in [0.1, 0.15) is 25.1 Å². The van der Waals surface area contributed by atoms with Gasteiger partial charge in [0.1, 0.15) is 12.4 Å². The van der Waals surface area contributed by atoms with Crippen molar-refractivity contribution >= 4 is 15.7 Å². The van der Waals surface area contributed by atoms with E-state index in [0.29, 0.717) is 30.3 Å². The molecule has 0 amide bonds. The topological polar surface area (TPSA) is 121 Å². The molecule has 1 heterocycles. The molecule has 0 aliphatic carbocycles. The maximum Gasteiger partial charge on any atom is 0.180 e. The molecule has 0 unspecified atom stereocenters. The molecule has 3 aromatic rings. The Bertz CT molecular complexity index is 1230. The Morgan fingerprint density at radius 1 is 1.10 bits per heavy atom. The van der Waals surface area contributed by atoms with Crippen molar-refractivity contribution in [3.63, 3.8) is 0 Å². The fraction of sp³-hybridized carbons (Fsp3) is 0.217. The zero-order valence-electron chi connectivity index (χ0n) is 17.4. The molecule has 0 fully saturated rings.